The molecule has 0 spiro atoms. The first-order valence-electron chi connectivity index (χ1n) is 15.4. The Morgan fingerprint density at radius 1 is 0.929 bits per heavy atom. The quantitative estimate of drug-likeness (QED) is 0.194. The first kappa shape index (κ1) is 34.6. The zero-order valence-corrected chi connectivity index (χ0v) is 26.3. The summed E-state index contributed by atoms with van der Waals surface area (Å²) in [4.78, 5) is 43.0. The number of nitrogens with zero attached hydrogens (tertiary/aromatic N) is 1. The van der Waals surface area contributed by atoms with Gasteiger partial charge in [-0.05, 0) is 56.4 Å². The molecule has 0 heterocycles. The Labute approximate surface area is 253 Å². The fraction of sp³-hybridized carbons (Fsp3) is 0.514. The lowest BCUT2D eigenvalue weighted by molar-refractivity contribution is -0.142. The molecule has 0 saturated heterocycles. The number of benzene rings is 2. The molecule has 0 saturated carbocycles. The van der Waals surface area contributed by atoms with Crippen molar-refractivity contribution in [2.45, 2.75) is 104 Å². The van der Waals surface area contributed by atoms with Gasteiger partial charge in [0, 0.05) is 19.5 Å². The molecule has 2 atom stereocenters. The smallest absolute Gasteiger partial charge is 0.408 e. The molecule has 7 heteroatoms. The van der Waals surface area contributed by atoms with E-state index in [1.807, 2.05) is 54.6 Å². The van der Waals surface area contributed by atoms with Gasteiger partial charge in [0.05, 0.1) is 0 Å². The van der Waals surface area contributed by atoms with Gasteiger partial charge in [-0.2, -0.15) is 0 Å². The minimum atomic E-state index is -0.925. The lowest BCUT2D eigenvalue weighted by Gasteiger charge is -2.35. The number of hydrogen-bond acceptors (Lipinski definition) is 4. The molecular weight excluding hydrogens is 526 g/mol. The van der Waals surface area contributed by atoms with Crippen molar-refractivity contribution in [3.8, 4) is 0 Å². The molecule has 0 bridgehead atoms. The van der Waals surface area contributed by atoms with Crippen LogP contribution in [-0.2, 0) is 20.7 Å². The van der Waals surface area contributed by atoms with E-state index in [0.29, 0.717) is 18.7 Å². The summed E-state index contributed by atoms with van der Waals surface area (Å²) in [6.07, 6.45) is 8.08. The molecule has 0 aromatic heterocycles. The summed E-state index contributed by atoms with van der Waals surface area (Å²) in [7, 11) is 0. The van der Waals surface area contributed by atoms with Crippen LogP contribution < -0.4 is 10.6 Å². The first-order chi connectivity index (χ1) is 20.1. The van der Waals surface area contributed by atoms with E-state index >= 15 is 0 Å². The van der Waals surface area contributed by atoms with Crippen LogP contribution in [0, 0.1) is 0 Å². The van der Waals surface area contributed by atoms with E-state index < -0.39 is 23.8 Å². The van der Waals surface area contributed by atoms with E-state index in [9.17, 15) is 14.4 Å². The fourth-order valence-corrected chi connectivity index (χ4v) is 4.77. The average Bonchev–Trinajstić information content (AvgIpc) is 2.95. The van der Waals surface area contributed by atoms with Crippen LogP contribution in [0.25, 0.3) is 6.08 Å². The molecular formula is C35H51N3O4. The molecule has 7 nitrogen and oxygen atoms in total. The predicted molar refractivity (Wildman–Crippen MR) is 171 cm³/mol. The van der Waals surface area contributed by atoms with E-state index in [4.69, 9.17) is 4.74 Å². The second-order valence-corrected chi connectivity index (χ2v) is 11.8. The van der Waals surface area contributed by atoms with Crippen molar-refractivity contribution in [1.29, 1.82) is 0 Å². The SMILES string of the molecule is C=Cc1cccc(C(C(=O)NCCCC)N(CCCCCCC)C(=O)C(Cc2ccccc2)NC(=O)OC(C)(C)C)c1. The standard InChI is InChI=1S/C35H51N3O4/c1-7-10-12-13-17-24-38(31(32(39)36-23-11-8-2)29-22-18-21-27(9-3)25-29)33(40)30(26-28-19-15-14-16-20-28)37-34(41)42-35(4,5)6/h9,14-16,18-22,25,30-31H,3,7-8,10-13,17,23-24,26H2,1-2,4-6H3,(H,36,39)(H,37,41). The maximum absolute atomic E-state index is 14.5. The van der Waals surface area contributed by atoms with E-state index in [1.165, 1.54) is 0 Å². The van der Waals surface area contributed by atoms with E-state index in [2.05, 4.69) is 31.1 Å². The van der Waals surface area contributed by atoms with Gasteiger partial charge in [0.15, 0.2) is 0 Å². The second kappa shape index (κ2) is 18.0. The van der Waals surface area contributed by atoms with Gasteiger partial charge in [0.1, 0.15) is 17.7 Å². The number of amides is 3. The molecule has 0 aliphatic heterocycles. The Hall–Kier alpha value is -3.61. The van der Waals surface area contributed by atoms with E-state index in [0.717, 1.165) is 56.1 Å². The van der Waals surface area contributed by atoms with Crippen molar-refractivity contribution in [2.24, 2.45) is 0 Å². The molecule has 0 aliphatic rings. The third kappa shape index (κ3) is 12.1. The zero-order chi connectivity index (χ0) is 31.0. The first-order valence-corrected chi connectivity index (χ1v) is 15.4. The summed E-state index contributed by atoms with van der Waals surface area (Å²) in [5, 5.41) is 5.89. The summed E-state index contributed by atoms with van der Waals surface area (Å²) in [6, 6.07) is 15.4. The number of unbranched alkanes of at least 4 members (excludes halogenated alkanes) is 5. The minimum absolute atomic E-state index is 0.234. The number of alkyl carbamates (subject to hydrolysis) is 1. The lowest BCUT2D eigenvalue weighted by atomic mass is 9.98. The molecule has 0 aliphatic carbocycles. The monoisotopic (exact) mass is 577 g/mol. The van der Waals surface area contributed by atoms with Crippen molar-refractivity contribution < 1.29 is 19.1 Å². The summed E-state index contributed by atoms with van der Waals surface area (Å²) < 4.78 is 5.54. The van der Waals surface area contributed by atoms with Crippen LogP contribution in [0.15, 0.2) is 61.2 Å². The predicted octanol–water partition coefficient (Wildman–Crippen LogP) is 7.22. The molecule has 230 valence electrons. The minimum Gasteiger partial charge on any atom is -0.444 e. The van der Waals surface area contributed by atoms with Gasteiger partial charge in [-0.25, -0.2) is 4.79 Å². The van der Waals surface area contributed by atoms with Crippen LogP contribution in [0.1, 0.15) is 102 Å². The number of hydrogen-bond donors (Lipinski definition) is 2. The Kier molecular flexibility index (Phi) is 14.9. The number of ether oxygens (including phenoxy) is 1. The van der Waals surface area contributed by atoms with Gasteiger partial charge >= 0.3 is 6.09 Å². The van der Waals surface area contributed by atoms with Gasteiger partial charge < -0.3 is 20.3 Å². The topological polar surface area (TPSA) is 87.7 Å². The Morgan fingerprint density at radius 3 is 2.26 bits per heavy atom. The molecule has 2 rings (SSSR count). The maximum atomic E-state index is 14.5. The number of carbonyl (C=O) groups excluding carboxylic acids is 3. The van der Waals surface area contributed by atoms with Crippen molar-refractivity contribution in [3.05, 3.63) is 77.9 Å². The molecule has 2 unspecified atom stereocenters. The van der Waals surface area contributed by atoms with Gasteiger partial charge in [-0.1, -0.05) is 107 Å². The highest BCUT2D eigenvalue weighted by Crippen LogP contribution is 2.26. The summed E-state index contributed by atoms with van der Waals surface area (Å²) in [5.41, 5.74) is 1.74. The van der Waals surface area contributed by atoms with Crippen LogP contribution in [0.4, 0.5) is 4.79 Å². The zero-order valence-electron chi connectivity index (χ0n) is 26.3. The fourth-order valence-electron chi connectivity index (χ4n) is 4.77. The van der Waals surface area contributed by atoms with Crippen molar-refractivity contribution in [1.82, 2.24) is 15.5 Å². The third-order valence-corrected chi connectivity index (χ3v) is 6.91. The van der Waals surface area contributed by atoms with Crippen LogP contribution in [-0.4, -0.2) is 47.5 Å². The largest absolute Gasteiger partial charge is 0.444 e. The van der Waals surface area contributed by atoms with Gasteiger partial charge in [0.2, 0.25) is 11.8 Å². The van der Waals surface area contributed by atoms with E-state index in [1.54, 1.807) is 31.7 Å². The summed E-state index contributed by atoms with van der Waals surface area (Å²) in [5.74, 6) is -0.554. The molecule has 42 heavy (non-hydrogen) atoms. The molecule has 3 amide bonds. The van der Waals surface area contributed by atoms with Crippen molar-refractivity contribution in [2.75, 3.05) is 13.1 Å². The van der Waals surface area contributed by atoms with Crippen LogP contribution in [0.3, 0.4) is 0 Å². The highest BCUT2D eigenvalue weighted by atomic mass is 16.6. The normalized spacial score (nSPS) is 12.6. The molecule has 0 radical (unpaired) electrons. The third-order valence-electron chi connectivity index (χ3n) is 6.91. The Bertz CT molecular complexity index is 1130. The molecule has 2 aromatic rings. The number of nitrogens with one attached hydrogen (secondary N) is 2. The summed E-state index contributed by atoms with van der Waals surface area (Å²) in [6.45, 7) is 14.4. The molecule has 2 N–H and O–H groups in total. The van der Waals surface area contributed by atoms with Crippen molar-refractivity contribution in [3.63, 3.8) is 0 Å². The van der Waals surface area contributed by atoms with Gasteiger partial charge in [-0.15, -0.1) is 0 Å². The lowest BCUT2D eigenvalue weighted by Crippen LogP contribution is -2.54. The second-order valence-electron chi connectivity index (χ2n) is 11.8. The average molecular weight is 578 g/mol. The van der Waals surface area contributed by atoms with Crippen LogP contribution >= 0.6 is 0 Å². The van der Waals surface area contributed by atoms with Gasteiger partial charge in [-0.3, -0.25) is 9.59 Å². The highest BCUT2D eigenvalue weighted by molar-refractivity contribution is 5.92. The number of rotatable bonds is 17. The van der Waals surface area contributed by atoms with Crippen LogP contribution in [0.2, 0.25) is 0 Å². The summed E-state index contributed by atoms with van der Waals surface area (Å²) >= 11 is 0. The van der Waals surface area contributed by atoms with Crippen LogP contribution in [0.5, 0.6) is 0 Å². The Balaban J connectivity index is 2.54. The molecule has 2 aromatic carbocycles. The highest BCUT2D eigenvalue weighted by Gasteiger charge is 2.36. The van der Waals surface area contributed by atoms with Gasteiger partial charge in [0.25, 0.3) is 0 Å². The number of carbonyl (C=O) groups is 3. The maximum Gasteiger partial charge on any atom is 0.408 e. The Morgan fingerprint density at radius 2 is 1.62 bits per heavy atom. The van der Waals surface area contributed by atoms with E-state index in [-0.39, 0.29) is 18.2 Å². The van der Waals surface area contributed by atoms with Crippen molar-refractivity contribution >= 4 is 24.0 Å². The molecule has 0 fully saturated rings.